The molecule has 2 aromatic rings. The Morgan fingerprint density at radius 3 is 2.48 bits per heavy atom. The summed E-state index contributed by atoms with van der Waals surface area (Å²) in [6.45, 7) is 0.262. The lowest BCUT2D eigenvalue weighted by Crippen LogP contribution is -2.31. The topological polar surface area (TPSA) is 80.5 Å². The maximum Gasteiger partial charge on any atom is 0.269 e. The van der Waals surface area contributed by atoms with Gasteiger partial charge in [-0.2, -0.15) is 0 Å². The van der Waals surface area contributed by atoms with E-state index < -0.39 is 4.92 Å². The minimum absolute atomic E-state index is 0.0760. The van der Waals surface area contributed by atoms with Crippen molar-refractivity contribution in [3.63, 3.8) is 0 Å². The molecule has 0 atom stereocenters. The van der Waals surface area contributed by atoms with E-state index >= 15 is 0 Å². The number of fused-ring (bicyclic) bond motifs is 1. The lowest BCUT2D eigenvalue weighted by Gasteiger charge is -2.22. The van der Waals surface area contributed by atoms with Crippen LogP contribution in [-0.2, 0) is 0 Å². The van der Waals surface area contributed by atoms with Gasteiger partial charge in [0.05, 0.1) is 10.6 Å². The number of nitrogens with zero attached hydrogens (tertiary/aromatic N) is 2. The van der Waals surface area contributed by atoms with Crippen molar-refractivity contribution < 1.29 is 14.5 Å². The van der Waals surface area contributed by atoms with Gasteiger partial charge >= 0.3 is 0 Å². The normalized spacial score (nSPS) is 13.4. The molecule has 0 aromatic heterocycles. The Balaban J connectivity index is 1.99. The number of allylic oxidation sites excluding steroid dienone is 1. The molecule has 114 valence electrons. The van der Waals surface area contributed by atoms with Gasteiger partial charge in [0.25, 0.3) is 11.6 Å². The Morgan fingerprint density at radius 2 is 1.78 bits per heavy atom. The Hall–Kier alpha value is -3.28. The van der Waals surface area contributed by atoms with Gasteiger partial charge in [0.2, 0.25) is 0 Å². The number of hydrogen-bond donors (Lipinski definition) is 0. The predicted molar refractivity (Wildman–Crippen MR) is 84.7 cm³/mol. The molecule has 0 spiro atoms. The highest BCUT2D eigenvalue weighted by Gasteiger charge is 2.23. The van der Waals surface area contributed by atoms with Gasteiger partial charge in [-0.3, -0.25) is 19.7 Å². The van der Waals surface area contributed by atoms with Gasteiger partial charge in [0.15, 0.2) is 5.78 Å². The molecule has 0 bridgehead atoms. The van der Waals surface area contributed by atoms with Crippen molar-refractivity contribution in [2.24, 2.45) is 0 Å². The summed E-state index contributed by atoms with van der Waals surface area (Å²) in [7, 11) is 0. The molecule has 0 saturated carbocycles. The number of carbonyl (C=O) groups is 2. The SMILES string of the molecule is O=C1C=CCN(C(=O)c2ccc([N+](=O)[O-])cc2)c2ccccc21. The predicted octanol–water partition coefficient (Wildman–Crippen LogP) is 2.99. The second kappa shape index (κ2) is 5.84. The van der Waals surface area contributed by atoms with Crippen molar-refractivity contribution >= 4 is 23.1 Å². The maximum atomic E-state index is 12.7. The second-order valence-electron chi connectivity index (χ2n) is 5.00. The number of ketones is 1. The van der Waals surface area contributed by atoms with E-state index in [0.29, 0.717) is 16.8 Å². The third-order valence-electron chi connectivity index (χ3n) is 3.59. The van der Waals surface area contributed by atoms with Crippen molar-refractivity contribution in [3.8, 4) is 0 Å². The Labute approximate surface area is 131 Å². The summed E-state index contributed by atoms with van der Waals surface area (Å²) >= 11 is 0. The number of nitro benzene ring substituents is 1. The number of anilines is 1. The monoisotopic (exact) mass is 308 g/mol. The molecule has 6 heteroatoms. The van der Waals surface area contributed by atoms with Crippen LogP contribution in [0.15, 0.2) is 60.7 Å². The molecule has 1 aliphatic rings. The van der Waals surface area contributed by atoms with Crippen LogP contribution in [0.5, 0.6) is 0 Å². The number of rotatable bonds is 2. The van der Waals surface area contributed by atoms with Crippen LogP contribution in [0.1, 0.15) is 20.7 Å². The third kappa shape index (κ3) is 2.74. The molecular weight excluding hydrogens is 296 g/mol. The summed E-state index contributed by atoms with van der Waals surface area (Å²) < 4.78 is 0. The summed E-state index contributed by atoms with van der Waals surface area (Å²) in [6.07, 6.45) is 3.08. The van der Waals surface area contributed by atoms with E-state index in [-0.39, 0.29) is 23.9 Å². The van der Waals surface area contributed by atoms with E-state index in [0.717, 1.165) is 0 Å². The molecule has 6 nitrogen and oxygen atoms in total. The lowest BCUT2D eigenvalue weighted by molar-refractivity contribution is -0.384. The molecule has 0 saturated heterocycles. The number of hydrogen-bond acceptors (Lipinski definition) is 4. The Kier molecular flexibility index (Phi) is 3.72. The van der Waals surface area contributed by atoms with Crippen LogP contribution in [0.3, 0.4) is 0 Å². The Morgan fingerprint density at radius 1 is 1.09 bits per heavy atom. The van der Waals surface area contributed by atoms with Crippen molar-refractivity contribution in [1.29, 1.82) is 0 Å². The quantitative estimate of drug-likeness (QED) is 0.631. The Bertz CT molecular complexity index is 825. The molecule has 2 aromatic carbocycles. The van der Waals surface area contributed by atoms with Crippen LogP contribution in [-0.4, -0.2) is 23.2 Å². The largest absolute Gasteiger partial charge is 0.304 e. The van der Waals surface area contributed by atoms with Gasteiger partial charge in [-0.25, -0.2) is 0 Å². The molecule has 1 amide bonds. The molecule has 1 heterocycles. The first-order valence-corrected chi connectivity index (χ1v) is 6.94. The summed E-state index contributed by atoms with van der Waals surface area (Å²) in [5.41, 5.74) is 1.24. The van der Waals surface area contributed by atoms with Crippen LogP contribution in [0.25, 0.3) is 0 Å². The van der Waals surface area contributed by atoms with Crippen LogP contribution in [0.2, 0.25) is 0 Å². The summed E-state index contributed by atoms with van der Waals surface area (Å²) in [5, 5.41) is 10.7. The van der Waals surface area contributed by atoms with E-state index in [1.165, 1.54) is 35.2 Å². The number of benzene rings is 2. The fourth-order valence-electron chi connectivity index (χ4n) is 2.44. The molecular formula is C17H12N2O4. The molecule has 23 heavy (non-hydrogen) atoms. The van der Waals surface area contributed by atoms with Crippen LogP contribution >= 0.6 is 0 Å². The third-order valence-corrected chi connectivity index (χ3v) is 3.59. The number of non-ortho nitro benzene ring substituents is 1. The molecule has 0 radical (unpaired) electrons. The zero-order valence-electron chi connectivity index (χ0n) is 12.0. The van der Waals surface area contributed by atoms with E-state index in [1.54, 1.807) is 30.3 Å². The molecule has 3 rings (SSSR count). The highest BCUT2D eigenvalue weighted by atomic mass is 16.6. The highest BCUT2D eigenvalue weighted by molar-refractivity contribution is 6.15. The molecule has 0 fully saturated rings. The highest BCUT2D eigenvalue weighted by Crippen LogP contribution is 2.25. The first kappa shape index (κ1) is 14.6. The van der Waals surface area contributed by atoms with Crippen molar-refractivity contribution in [2.45, 2.75) is 0 Å². The van der Waals surface area contributed by atoms with Crippen LogP contribution < -0.4 is 4.90 Å². The summed E-state index contributed by atoms with van der Waals surface area (Å²) in [5.74, 6) is -0.466. The van der Waals surface area contributed by atoms with Gasteiger partial charge < -0.3 is 4.90 Å². The van der Waals surface area contributed by atoms with E-state index in [9.17, 15) is 19.7 Å². The summed E-state index contributed by atoms with van der Waals surface area (Å²) in [6, 6.07) is 12.3. The fourth-order valence-corrected chi connectivity index (χ4v) is 2.44. The lowest BCUT2D eigenvalue weighted by atomic mass is 10.1. The van der Waals surface area contributed by atoms with Gasteiger partial charge in [-0.15, -0.1) is 0 Å². The average molecular weight is 308 g/mol. The van der Waals surface area contributed by atoms with E-state index in [2.05, 4.69) is 0 Å². The molecule has 1 aliphatic heterocycles. The number of nitro groups is 1. The molecule has 0 aliphatic carbocycles. The van der Waals surface area contributed by atoms with Crippen LogP contribution in [0, 0.1) is 10.1 Å². The van der Waals surface area contributed by atoms with Crippen molar-refractivity contribution in [3.05, 3.63) is 81.9 Å². The fraction of sp³-hybridized carbons (Fsp3) is 0.0588. The summed E-state index contributed by atoms with van der Waals surface area (Å²) in [4.78, 5) is 36.4. The standard InChI is InChI=1S/C17H12N2O4/c20-16-6-3-11-18(15-5-2-1-4-14(15)16)17(21)12-7-9-13(10-8-12)19(22)23/h1-10H,11H2. The first-order valence-electron chi connectivity index (χ1n) is 6.94. The molecule has 0 N–H and O–H groups in total. The number of carbonyl (C=O) groups excluding carboxylic acids is 2. The van der Waals surface area contributed by atoms with Gasteiger partial charge in [-0.05, 0) is 30.3 Å². The van der Waals surface area contributed by atoms with Gasteiger partial charge in [0, 0.05) is 29.8 Å². The number of amides is 1. The van der Waals surface area contributed by atoms with Crippen molar-refractivity contribution in [1.82, 2.24) is 0 Å². The van der Waals surface area contributed by atoms with Crippen LogP contribution in [0.4, 0.5) is 11.4 Å². The minimum Gasteiger partial charge on any atom is -0.304 e. The first-order chi connectivity index (χ1) is 11.1. The van der Waals surface area contributed by atoms with Crippen molar-refractivity contribution in [2.75, 3.05) is 11.4 Å². The smallest absolute Gasteiger partial charge is 0.269 e. The number of para-hydroxylation sites is 1. The maximum absolute atomic E-state index is 12.7. The van der Waals surface area contributed by atoms with Gasteiger partial charge in [-0.1, -0.05) is 18.2 Å². The minimum atomic E-state index is -0.517. The zero-order valence-corrected chi connectivity index (χ0v) is 12.0. The average Bonchev–Trinajstić information content (AvgIpc) is 2.74. The second-order valence-corrected chi connectivity index (χ2v) is 5.00. The van der Waals surface area contributed by atoms with E-state index in [1.807, 2.05) is 0 Å². The van der Waals surface area contributed by atoms with E-state index in [4.69, 9.17) is 0 Å². The van der Waals surface area contributed by atoms with Gasteiger partial charge in [0.1, 0.15) is 0 Å². The molecule has 0 unspecified atom stereocenters. The zero-order chi connectivity index (χ0) is 16.4.